The maximum Gasteiger partial charge on any atom is 0.372 e. The van der Waals surface area contributed by atoms with Crippen molar-refractivity contribution in [2.45, 2.75) is 33.1 Å². The molecule has 0 saturated heterocycles. The molecule has 0 aliphatic heterocycles. The molecule has 90 valence electrons. The van der Waals surface area contributed by atoms with Gasteiger partial charge in [0.25, 0.3) is 0 Å². The Bertz CT molecular complexity index is 585. The minimum absolute atomic E-state index is 0.0334. The summed E-state index contributed by atoms with van der Waals surface area (Å²) >= 11 is 0. The van der Waals surface area contributed by atoms with Gasteiger partial charge in [-0.2, -0.15) is 0 Å². The van der Waals surface area contributed by atoms with Crippen molar-refractivity contribution in [1.29, 1.82) is 0 Å². The van der Waals surface area contributed by atoms with Crippen LogP contribution in [0.15, 0.2) is 22.6 Å². The van der Waals surface area contributed by atoms with Crippen LogP contribution in [0.2, 0.25) is 0 Å². The standard InChI is InChI=1S/C14H16O3/c1-8-10-7-9(14(2,3)4)5-6-11(10)17-12(8)13(15)16/h5-7H,1-4H3,(H,15,16). The molecule has 0 saturated carbocycles. The van der Waals surface area contributed by atoms with Gasteiger partial charge in [-0.25, -0.2) is 4.79 Å². The Morgan fingerprint density at radius 2 is 1.94 bits per heavy atom. The van der Waals surface area contributed by atoms with Crippen LogP contribution in [0.1, 0.15) is 42.5 Å². The zero-order valence-electron chi connectivity index (χ0n) is 10.5. The first-order valence-electron chi connectivity index (χ1n) is 5.57. The van der Waals surface area contributed by atoms with Crippen LogP contribution in [0.3, 0.4) is 0 Å². The summed E-state index contributed by atoms with van der Waals surface area (Å²) in [6, 6.07) is 5.84. The largest absolute Gasteiger partial charge is 0.475 e. The van der Waals surface area contributed by atoms with Gasteiger partial charge in [-0.05, 0) is 30.0 Å². The summed E-state index contributed by atoms with van der Waals surface area (Å²) in [5, 5.41) is 9.89. The normalized spacial score (nSPS) is 12.0. The summed E-state index contributed by atoms with van der Waals surface area (Å²) in [6.45, 7) is 8.16. The highest BCUT2D eigenvalue weighted by molar-refractivity contribution is 5.95. The number of carbonyl (C=O) groups is 1. The molecule has 17 heavy (non-hydrogen) atoms. The molecular formula is C14H16O3. The second kappa shape index (κ2) is 3.62. The van der Waals surface area contributed by atoms with Gasteiger partial charge in [0.15, 0.2) is 0 Å². The molecule has 0 aliphatic carbocycles. The monoisotopic (exact) mass is 232 g/mol. The molecule has 0 radical (unpaired) electrons. The van der Waals surface area contributed by atoms with Crippen LogP contribution >= 0.6 is 0 Å². The van der Waals surface area contributed by atoms with E-state index in [1.54, 1.807) is 6.92 Å². The van der Waals surface area contributed by atoms with Crippen molar-refractivity contribution in [3.63, 3.8) is 0 Å². The van der Waals surface area contributed by atoms with E-state index in [4.69, 9.17) is 9.52 Å². The smallest absolute Gasteiger partial charge is 0.372 e. The van der Waals surface area contributed by atoms with E-state index in [1.807, 2.05) is 18.2 Å². The molecule has 0 fully saturated rings. The van der Waals surface area contributed by atoms with E-state index in [-0.39, 0.29) is 11.2 Å². The first-order valence-corrected chi connectivity index (χ1v) is 5.57. The second-order valence-corrected chi connectivity index (χ2v) is 5.32. The van der Waals surface area contributed by atoms with E-state index in [9.17, 15) is 4.79 Å². The molecular weight excluding hydrogens is 216 g/mol. The topological polar surface area (TPSA) is 50.4 Å². The molecule has 2 aromatic rings. The van der Waals surface area contributed by atoms with Crippen LogP contribution in [0.4, 0.5) is 0 Å². The van der Waals surface area contributed by atoms with E-state index in [2.05, 4.69) is 20.8 Å². The van der Waals surface area contributed by atoms with Crippen LogP contribution in [-0.4, -0.2) is 11.1 Å². The summed E-state index contributed by atoms with van der Waals surface area (Å²) in [5.74, 6) is -0.984. The summed E-state index contributed by atoms with van der Waals surface area (Å²) in [5.41, 5.74) is 2.54. The second-order valence-electron chi connectivity index (χ2n) is 5.32. The zero-order chi connectivity index (χ0) is 12.8. The molecule has 0 atom stereocenters. The molecule has 0 amide bonds. The molecule has 0 aliphatic rings. The molecule has 1 aromatic heterocycles. The Morgan fingerprint density at radius 1 is 1.29 bits per heavy atom. The molecule has 0 bridgehead atoms. The first kappa shape index (κ1) is 11.7. The molecule has 1 N–H and O–H groups in total. The highest BCUT2D eigenvalue weighted by Gasteiger charge is 2.19. The third-order valence-corrected chi connectivity index (χ3v) is 3.00. The number of aryl methyl sites for hydroxylation is 1. The van der Waals surface area contributed by atoms with Crippen LogP contribution in [0.5, 0.6) is 0 Å². The van der Waals surface area contributed by atoms with Crippen molar-refractivity contribution in [2.24, 2.45) is 0 Å². The lowest BCUT2D eigenvalue weighted by molar-refractivity contribution is 0.0664. The Hall–Kier alpha value is -1.77. The Kier molecular flexibility index (Phi) is 2.49. The quantitative estimate of drug-likeness (QED) is 0.814. The predicted octanol–water partition coefficient (Wildman–Crippen LogP) is 3.74. The summed E-state index contributed by atoms with van der Waals surface area (Å²) < 4.78 is 5.33. The highest BCUT2D eigenvalue weighted by Crippen LogP contribution is 2.30. The summed E-state index contributed by atoms with van der Waals surface area (Å²) in [6.07, 6.45) is 0. The van der Waals surface area contributed by atoms with E-state index >= 15 is 0 Å². The molecule has 1 aromatic carbocycles. The number of carboxylic acids is 1. The molecule has 0 unspecified atom stereocenters. The Morgan fingerprint density at radius 3 is 2.47 bits per heavy atom. The van der Waals surface area contributed by atoms with E-state index < -0.39 is 5.97 Å². The lowest BCUT2D eigenvalue weighted by Crippen LogP contribution is -2.10. The van der Waals surface area contributed by atoms with Gasteiger partial charge >= 0.3 is 5.97 Å². The molecule has 0 spiro atoms. The predicted molar refractivity (Wildman–Crippen MR) is 66.6 cm³/mol. The zero-order valence-corrected chi connectivity index (χ0v) is 10.5. The Labute approximate surface area is 100 Å². The van der Waals surface area contributed by atoms with E-state index in [0.29, 0.717) is 11.1 Å². The van der Waals surface area contributed by atoms with Gasteiger partial charge in [0, 0.05) is 10.9 Å². The van der Waals surface area contributed by atoms with E-state index in [1.165, 1.54) is 5.56 Å². The third-order valence-electron chi connectivity index (χ3n) is 3.00. The number of furan rings is 1. The van der Waals surface area contributed by atoms with Gasteiger partial charge in [-0.15, -0.1) is 0 Å². The van der Waals surface area contributed by atoms with Crippen LogP contribution in [0.25, 0.3) is 11.0 Å². The van der Waals surface area contributed by atoms with Gasteiger partial charge in [0.2, 0.25) is 5.76 Å². The third kappa shape index (κ3) is 1.93. The average molecular weight is 232 g/mol. The van der Waals surface area contributed by atoms with Gasteiger partial charge in [-0.1, -0.05) is 26.8 Å². The lowest BCUT2D eigenvalue weighted by atomic mass is 9.86. The Balaban J connectivity index is 2.70. The van der Waals surface area contributed by atoms with Crippen molar-refractivity contribution < 1.29 is 14.3 Å². The maximum atomic E-state index is 11.0. The fourth-order valence-electron chi connectivity index (χ4n) is 1.89. The van der Waals surface area contributed by atoms with Gasteiger partial charge in [0.1, 0.15) is 5.58 Å². The van der Waals surface area contributed by atoms with Gasteiger partial charge in [-0.3, -0.25) is 0 Å². The van der Waals surface area contributed by atoms with E-state index in [0.717, 1.165) is 5.39 Å². The number of aromatic carboxylic acids is 1. The van der Waals surface area contributed by atoms with Crippen molar-refractivity contribution in [1.82, 2.24) is 0 Å². The van der Waals surface area contributed by atoms with Crippen LogP contribution < -0.4 is 0 Å². The fraction of sp³-hybridized carbons (Fsp3) is 0.357. The number of fused-ring (bicyclic) bond motifs is 1. The van der Waals surface area contributed by atoms with Gasteiger partial charge < -0.3 is 9.52 Å². The summed E-state index contributed by atoms with van der Waals surface area (Å²) in [7, 11) is 0. The average Bonchev–Trinajstić information content (AvgIpc) is 2.54. The molecule has 3 heteroatoms. The number of benzene rings is 1. The van der Waals surface area contributed by atoms with Crippen molar-refractivity contribution >= 4 is 16.9 Å². The van der Waals surface area contributed by atoms with Crippen LogP contribution in [0, 0.1) is 6.92 Å². The highest BCUT2D eigenvalue weighted by atomic mass is 16.4. The van der Waals surface area contributed by atoms with Crippen LogP contribution in [-0.2, 0) is 5.41 Å². The number of carboxylic acid groups (broad SMARTS) is 1. The lowest BCUT2D eigenvalue weighted by Gasteiger charge is -2.18. The van der Waals surface area contributed by atoms with Crippen molar-refractivity contribution in [3.05, 3.63) is 35.1 Å². The molecule has 1 heterocycles. The number of rotatable bonds is 1. The minimum Gasteiger partial charge on any atom is -0.475 e. The molecule has 3 nitrogen and oxygen atoms in total. The van der Waals surface area contributed by atoms with Crippen molar-refractivity contribution in [2.75, 3.05) is 0 Å². The SMILES string of the molecule is Cc1c(C(=O)O)oc2ccc(C(C)(C)C)cc12. The number of hydrogen-bond donors (Lipinski definition) is 1. The fourth-order valence-corrected chi connectivity index (χ4v) is 1.89. The molecule has 2 rings (SSSR count). The maximum absolute atomic E-state index is 11.0. The van der Waals surface area contributed by atoms with Gasteiger partial charge in [0.05, 0.1) is 0 Å². The van der Waals surface area contributed by atoms with Crippen molar-refractivity contribution in [3.8, 4) is 0 Å². The number of hydrogen-bond acceptors (Lipinski definition) is 2. The first-order chi connectivity index (χ1) is 7.80. The summed E-state index contributed by atoms with van der Waals surface area (Å²) in [4.78, 5) is 11.0. The minimum atomic E-state index is -1.02.